The minimum absolute atomic E-state index is 0.172. The molecule has 0 saturated carbocycles. The number of Topliss-reactive ketones (excluding diaryl/α,β-unsaturated/α-hetero) is 1. The molecule has 2 heterocycles. The van der Waals surface area contributed by atoms with Crippen LogP contribution in [-0.4, -0.2) is 28.7 Å². The Morgan fingerprint density at radius 2 is 2.33 bits per heavy atom. The van der Waals surface area contributed by atoms with E-state index in [2.05, 4.69) is 10.4 Å². The highest BCUT2D eigenvalue weighted by molar-refractivity contribution is 5.89. The van der Waals surface area contributed by atoms with Crippen LogP contribution in [0.25, 0.3) is 10.9 Å². The van der Waals surface area contributed by atoms with Gasteiger partial charge in [-0.05, 0) is 19.0 Å². The lowest BCUT2D eigenvalue weighted by molar-refractivity contribution is -0.121. The third-order valence-corrected chi connectivity index (χ3v) is 3.69. The fourth-order valence-electron chi connectivity index (χ4n) is 2.66. The Morgan fingerprint density at radius 1 is 1.50 bits per heavy atom. The smallest absolute Gasteiger partial charge is 0.143 e. The number of benzene rings is 1. The number of hydrogen-bond acceptors (Lipinski definition) is 3. The molecule has 0 radical (unpaired) electrons. The van der Waals surface area contributed by atoms with Crippen LogP contribution in [0.1, 0.15) is 12.1 Å². The molecule has 1 atom stereocenters. The van der Waals surface area contributed by atoms with E-state index in [-0.39, 0.29) is 5.92 Å². The van der Waals surface area contributed by atoms with E-state index >= 15 is 0 Å². The average Bonchev–Trinajstić information content (AvgIpc) is 3.00. The molecule has 1 aliphatic heterocycles. The second-order valence-electron chi connectivity index (χ2n) is 4.92. The second-order valence-corrected chi connectivity index (χ2v) is 4.92. The van der Waals surface area contributed by atoms with E-state index in [9.17, 15) is 4.79 Å². The molecule has 1 N–H and O–H groups in total. The minimum atomic E-state index is 0.172. The number of fused-ring (bicyclic) bond motifs is 1. The summed E-state index contributed by atoms with van der Waals surface area (Å²) in [5.74, 6) is 0.481. The Kier molecular flexibility index (Phi) is 2.88. The maximum atomic E-state index is 12.2. The first kappa shape index (κ1) is 11.4. The van der Waals surface area contributed by atoms with Crippen LogP contribution >= 0.6 is 0 Å². The first-order chi connectivity index (χ1) is 8.75. The van der Waals surface area contributed by atoms with E-state index in [4.69, 9.17) is 0 Å². The van der Waals surface area contributed by atoms with Gasteiger partial charge in [0, 0.05) is 24.9 Å². The molecule has 2 aromatic rings. The summed E-state index contributed by atoms with van der Waals surface area (Å²) in [6, 6.07) is 8.07. The molecule has 1 unspecified atom stereocenters. The quantitative estimate of drug-likeness (QED) is 0.883. The highest BCUT2D eigenvalue weighted by Gasteiger charge is 2.23. The van der Waals surface area contributed by atoms with Crippen molar-refractivity contribution >= 4 is 16.7 Å². The highest BCUT2D eigenvalue weighted by Crippen LogP contribution is 2.20. The van der Waals surface area contributed by atoms with Crippen molar-refractivity contribution in [3.63, 3.8) is 0 Å². The second kappa shape index (κ2) is 4.53. The van der Waals surface area contributed by atoms with Gasteiger partial charge >= 0.3 is 0 Å². The van der Waals surface area contributed by atoms with Gasteiger partial charge in [0.1, 0.15) is 5.78 Å². The van der Waals surface area contributed by atoms with Crippen LogP contribution in [0.5, 0.6) is 0 Å². The average molecular weight is 243 g/mol. The number of rotatable bonds is 3. The minimum Gasteiger partial charge on any atom is -0.316 e. The molecule has 1 aromatic carbocycles. The van der Waals surface area contributed by atoms with Gasteiger partial charge in [-0.1, -0.05) is 18.2 Å². The standard InChI is InChI=1S/C14H17N3O/c1-17-13-5-3-2-4-11(13)12(16-17)8-14(18)10-6-7-15-9-10/h2-5,10,15H,6-9H2,1H3. The summed E-state index contributed by atoms with van der Waals surface area (Å²) in [6.45, 7) is 1.78. The fraction of sp³-hybridized carbons (Fsp3) is 0.429. The Bertz CT molecular complexity index is 582. The number of ketones is 1. The number of carbonyl (C=O) groups excluding carboxylic acids is 1. The van der Waals surface area contributed by atoms with Crippen molar-refractivity contribution in [2.24, 2.45) is 13.0 Å². The normalized spacial score (nSPS) is 19.5. The molecule has 1 aromatic heterocycles. The molecule has 1 fully saturated rings. The molecule has 0 spiro atoms. The molecule has 4 heteroatoms. The van der Waals surface area contributed by atoms with Crippen LogP contribution in [0, 0.1) is 5.92 Å². The lowest BCUT2D eigenvalue weighted by Crippen LogP contribution is -2.19. The SMILES string of the molecule is Cn1nc(CC(=O)C2CCNC2)c2ccccc21. The Hall–Kier alpha value is -1.68. The molecule has 0 aliphatic carbocycles. The predicted octanol–water partition coefficient (Wildman–Crippen LogP) is 1.29. The zero-order valence-corrected chi connectivity index (χ0v) is 10.5. The van der Waals surface area contributed by atoms with E-state index in [1.165, 1.54) is 0 Å². The van der Waals surface area contributed by atoms with Crippen molar-refractivity contribution in [1.29, 1.82) is 0 Å². The van der Waals surface area contributed by atoms with Crippen LogP contribution in [-0.2, 0) is 18.3 Å². The predicted molar refractivity (Wildman–Crippen MR) is 70.4 cm³/mol. The largest absolute Gasteiger partial charge is 0.316 e. The lowest BCUT2D eigenvalue weighted by Gasteiger charge is -2.05. The molecule has 18 heavy (non-hydrogen) atoms. The molecular formula is C14H17N3O. The van der Waals surface area contributed by atoms with Gasteiger partial charge in [0.25, 0.3) is 0 Å². The first-order valence-corrected chi connectivity index (χ1v) is 6.40. The molecule has 1 saturated heterocycles. The third-order valence-electron chi connectivity index (χ3n) is 3.69. The summed E-state index contributed by atoms with van der Waals surface area (Å²) >= 11 is 0. The van der Waals surface area contributed by atoms with Crippen LogP contribution in [0.4, 0.5) is 0 Å². The van der Waals surface area contributed by atoms with Gasteiger partial charge in [0.2, 0.25) is 0 Å². The summed E-state index contributed by atoms with van der Waals surface area (Å²) in [6.07, 6.45) is 1.41. The van der Waals surface area contributed by atoms with Gasteiger partial charge in [-0.25, -0.2) is 0 Å². The summed E-state index contributed by atoms with van der Waals surface area (Å²) in [4.78, 5) is 12.2. The van der Waals surface area contributed by atoms with Crippen molar-refractivity contribution in [2.75, 3.05) is 13.1 Å². The third kappa shape index (κ3) is 1.93. The maximum absolute atomic E-state index is 12.2. The van der Waals surface area contributed by atoms with Crippen LogP contribution in [0.2, 0.25) is 0 Å². The molecule has 4 nitrogen and oxygen atoms in total. The molecule has 3 rings (SSSR count). The summed E-state index contributed by atoms with van der Waals surface area (Å²) in [7, 11) is 1.92. The van der Waals surface area contributed by atoms with E-state index in [0.29, 0.717) is 12.2 Å². The Morgan fingerprint density at radius 3 is 3.11 bits per heavy atom. The van der Waals surface area contributed by atoms with Crippen molar-refractivity contribution < 1.29 is 4.79 Å². The van der Waals surface area contributed by atoms with Gasteiger partial charge in [0.05, 0.1) is 17.6 Å². The summed E-state index contributed by atoms with van der Waals surface area (Å²) in [5, 5.41) is 8.81. The van der Waals surface area contributed by atoms with E-state index in [0.717, 1.165) is 36.1 Å². The number of para-hydroxylation sites is 1. The van der Waals surface area contributed by atoms with Gasteiger partial charge < -0.3 is 5.32 Å². The van der Waals surface area contributed by atoms with Gasteiger partial charge in [-0.3, -0.25) is 9.48 Å². The zero-order chi connectivity index (χ0) is 12.5. The topological polar surface area (TPSA) is 46.9 Å². The van der Waals surface area contributed by atoms with Crippen molar-refractivity contribution in [3.05, 3.63) is 30.0 Å². The van der Waals surface area contributed by atoms with Gasteiger partial charge in [0.15, 0.2) is 0 Å². The molecule has 0 bridgehead atoms. The number of nitrogens with zero attached hydrogens (tertiary/aromatic N) is 2. The molecule has 1 aliphatic rings. The zero-order valence-electron chi connectivity index (χ0n) is 10.5. The molecular weight excluding hydrogens is 226 g/mol. The number of aryl methyl sites for hydroxylation is 1. The van der Waals surface area contributed by atoms with Crippen LogP contribution < -0.4 is 5.32 Å². The number of carbonyl (C=O) groups is 1. The number of hydrogen-bond donors (Lipinski definition) is 1. The summed E-state index contributed by atoms with van der Waals surface area (Å²) in [5.41, 5.74) is 2.00. The van der Waals surface area contributed by atoms with E-state index in [1.54, 1.807) is 0 Å². The lowest BCUT2D eigenvalue weighted by atomic mass is 9.98. The number of nitrogens with one attached hydrogen (secondary N) is 1. The maximum Gasteiger partial charge on any atom is 0.143 e. The first-order valence-electron chi connectivity index (χ1n) is 6.40. The van der Waals surface area contributed by atoms with Crippen LogP contribution in [0.3, 0.4) is 0 Å². The van der Waals surface area contributed by atoms with Gasteiger partial charge in [-0.2, -0.15) is 5.10 Å². The number of aromatic nitrogens is 2. The Labute approximate surface area is 106 Å². The fourth-order valence-corrected chi connectivity index (χ4v) is 2.66. The van der Waals surface area contributed by atoms with E-state index < -0.39 is 0 Å². The monoisotopic (exact) mass is 243 g/mol. The molecule has 0 amide bonds. The summed E-state index contributed by atoms with van der Waals surface area (Å²) < 4.78 is 1.85. The van der Waals surface area contributed by atoms with Crippen molar-refractivity contribution in [1.82, 2.24) is 15.1 Å². The van der Waals surface area contributed by atoms with E-state index in [1.807, 2.05) is 36.0 Å². The van der Waals surface area contributed by atoms with Crippen molar-refractivity contribution in [2.45, 2.75) is 12.8 Å². The van der Waals surface area contributed by atoms with Crippen molar-refractivity contribution in [3.8, 4) is 0 Å². The van der Waals surface area contributed by atoms with Crippen LogP contribution in [0.15, 0.2) is 24.3 Å². The highest BCUT2D eigenvalue weighted by atomic mass is 16.1. The Balaban J connectivity index is 1.88. The van der Waals surface area contributed by atoms with Gasteiger partial charge in [-0.15, -0.1) is 0 Å². The molecule has 94 valence electrons.